The number of rotatable bonds is 3. The Kier molecular flexibility index (Phi) is 3.31. The van der Waals surface area contributed by atoms with E-state index in [1.807, 2.05) is 48.7 Å². The molecule has 0 bridgehead atoms. The van der Waals surface area contributed by atoms with Crippen molar-refractivity contribution in [1.82, 2.24) is 9.97 Å². The number of H-pyrrole nitrogens is 1. The summed E-state index contributed by atoms with van der Waals surface area (Å²) in [5, 5.41) is 2.30. The van der Waals surface area contributed by atoms with Gasteiger partial charge >= 0.3 is 0 Å². The summed E-state index contributed by atoms with van der Waals surface area (Å²) in [5.74, 6) is 0.858. The summed E-state index contributed by atoms with van der Waals surface area (Å²) in [6, 6.07) is 18.3. The summed E-state index contributed by atoms with van der Waals surface area (Å²) in [6.07, 6.45) is 5.97. The van der Waals surface area contributed by atoms with Gasteiger partial charge in [0, 0.05) is 22.5 Å². The van der Waals surface area contributed by atoms with Gasteiger partial charge in [0.1, 0.15) is 5.75 Å². The van der Waals surface area contributed by atoms with Crippen LogP contribution in [0.4, 0.5) is 0 Å². The van der Waals surface area contributed by atoms with Crippen molar-refractivity contribution in [2.24, 2.45) is 0 Å². The molecule has 0 atom stereocenters. The zero-order valence-electron chi connectivity index (χ0n) is 12.8. The van der Waals surface area contributed by atoms with E-state index in [0.717, 1.165) is 38.8 Å². The van der Waals surface area contributed by atoms with E-state index < -0.39 is 0 Å². The average Bonchev–Trinajstić information content (AvgIpc) is 2.99. The summed E-state index contributed by atoms with van der Waals surface area (Å²) in [4.78, 5) is 7.98. The van der Waals surface area contributed by atoms with Crippen molar-refractivity contribution >= 4 is 34.0 Å². The molecule has 23 heavy (non-hydrogen) atoms. The minimum atomic E-state index is 0.858. The van der Waals surface area contributed by atoms with E-state index in [0.29, 0.717) is 0 Å². The summed E-state index contributed by atoms with van der Waals surface area (Å²) in [7, 11) is 1.69. The molecule has 0 aliphatic carbocycles. The fraction of sp³-hybridized carbons (Fsp3) is 0.0500. The van der Waals surface area contributed by atoms with Crippen LogP contribution in [-0.2, 0) is 0 Å². The number of ether oxygens (including phenoxy) is 1. The van der Waals surface area contributed by atoms with Crippen molar-refractivity contribution in [3.8, 4) is 5.75 Å². The Hall–Kier alpha value is -3.07. The molecule has 0 radical (unpaired) electrons. The second kappa shape index (κ2) is 5.61. The Balaban J connectivity index is 1.86. The van der Waals surface area contributed by atoms with Crippen LogP contribution in [0.3, 0.4) is 0 Å². The van der Waals surface area contributed by atoms with Crippen molar-refractivity contribution < 1.29 is 4.74 Å². The smallest absolute Gasteiger partial charge is 0.119 e. The first-order valence-electron chi connectivity index (χ1n) is 7.53. The summed E-state index contributed by atoms with van der Waals surface area (Å²) < 4.78 is 5.33. The van der Waals surface area contributed by atoms with Crippen molar-refractivity contribution in [2.75, 3.05) is 7.11 Å². The predicted molar refractivity (Wildman–Crippen MR) is 95.5 cm³/mol. The summed E-state index contributed by atoms with van der Waals surface area (Å²) in [6.45, 7) is 0. The Bertz CT molecular complexity index is 1000. The predicted octanol–water partition coefficient (Wildman–Crippen LogP) is 4.90. The average molecular weight is 300 g/mol. The van der Waals surface area contributed by atoms with E-state index >= 15 is 0 Å². The van der Waals surface area contributed by atoms with Crippen LogP contribution in [0.1, 0.15) is 11.3 Å². The highest BCUT2D eigenvalue weighted by atomic mass is 16.5. The third kappa shape index (κ3) is 2.46. The standard InChI is InChI=1S/C20H16N2O/c1-23-15-8-10-18-17(13-15)16-11-12-21-19(20(16)22-18)9-7-14-5-3-2-4-6-14/h2-13,22H,1H3/b9-7+. The van der Waals surface area contributed by atoms with Crippen LogP contribution < -0.4 is 4.74 Å². The molecule has 2 aromatic carbocycles. The highest BCUT2D eigenvalue weighted by molar-refractivity contribution is 6.09. The molecule has 0 saturated heterocycles. The lowest BCUT2D eigenvalue weighted by Crippen LogP contribution is -1.82. The zero-order chi connectivity index (χ0) is 15.6. The molecular weight excluding hydrogens is 284 g/mol. The number of hydrogen-bond acceptors (Lipinski definition) is 2. The number of nitrogens with one attached hydrogen (secondary N) is 1. The SMILES string of the molecule is COc1ccc2[nH]c3c(/C=C/c4ccccc4)nccc3c2c1. The van der Waals surface area contributed by atoms with Gasteiger partial charge in [-0.3, -0.25) is 4.98 Å². The maximum absolute atomic E-state index is 5.33. The normalized spacial score (nSPS) is 11.5. The number of hydrogen-bond donors (Lipinski definition) is 1. The molecule has 4 rings (SSSR count). The van der Waals surface area contributed by atoms with Crippen molar-refractivity contribution in [3.63, 3.8) is 0 Å². The molecule has 0 unspecified atom stereocenters. The Morgan fingerprint density at radius 1 is 0.957 bits per heavy atom. The fourth-order valence-corrected chi connectivity index (χ4v) is 2.82. The van der Waals surface area contributed by atoms with Gasteiger partial charge in [0.25, 0.3) is 0 Å². The first-order valence-corrected chi connectivity index (χ1v) is 7.53. The van der Waals surface area contributed by atoms with Crippen LogP contribution in [0.15, 0.2) is 60.8 Å². The lowest BCUT2D eigenvalue weighted by atomic mass is 10.1. The van der Waals surface area contributed by atoms with Gasteiger partial charge in [-0.1, -0.05) is 36.4 Å². The van der Waals surface area contributed by atoms with Gasteiger partial charge in [0.2, 0.25) is 0 Å². The second-order valence-corrected chi connectivity index (χ2v) is 5.40. The molecule has 3 nitrogen and oxygen atoms in total. The number of methoxy groups -OCH3 is 1. The van der Waals surface area contributed by atoms with Gasteiger partial charge in [-0.25, -0.2) is 0 Å². The molecule has 0 aliphatic heterocycles. The van der Waals surface area contributed by atoms with Gasteiger partial charge in [0.15, 0.2) is 0 Å². The molecular formula is C20H16N2O. The first kappa shape index (κ1) is 13.6. The third-order valence-corrected chi connectivity index (χ3v) is 3.99. The molecule has 2 heterocycles. The van der Waals surface area contributed by atoms with Crippen LogP contribution in [0.25, 0.3) is 34.0 Å². The van der Waals surface area contributed by atoms with E-state index in [2.05, 4.69) is 34.2 Å². The van der Waals surface area contributed by atoms with Crippen LogP contribution in [0.5, 0.6) is 5.75 Å². The maximum Gasteiger partial charge on any atom is 0.119 e. The van der Waals surface area contributed by atoms with Crippen LogP contribution in [-0.4, -0.2) is 17.1 Å². The molecule has 0 fully saturated rings. The molecule has 4 aromatic rings. The van der Waals surface area contributed by atoms with Crippen molar-refractivity contribution in [3.05, 3.63) is 72.1 Å². The molecule has 3 heteroatoms. The minimum Gasteiger partial charge on any atom is -0.497 e. The van der Waals surface area contributed by atoms with Crippen LogP contribution in [0.2, 0.25) is 0 Å². The number of fused-ring (bicyclic) bond motifs is 3. The zero-order valence-corrected chi connectivity index (χ0v) is 12.8. The monoisotopic (exact) mass is 300 g/mol. The first-order chi connectivity index (χ1) is 11.3. The number of nitrogens with zero attached hydrogens (tertiary/aromatic N) is 1. The Labute approximate surface area is 134 Å². The van der Waals surface area contributed by atoms with E-state index in [9.17, 15) is 0 Å². The van der Waals surface area contributed by atoms with Gasteiger partial charge in [-0.05, 0) is 35.9 Å². The lowest BCUT2D eigenvalue weighted by Gasteiger charge is -1.99. The van der Waals surface area contributed by atoms with Gasteiger partial charge < -0.3 is 9.72 Å². The fourth-order valence-electron chi connectivity index (χ4n) is 2.82. The number of aromatic amines is 1. The maximum atomic E-state index is 5.33. The third-order valence-electron chi connectivity index (χ3n) is 3.99. The Morgan fingerprint density at radius 3 is 2.65 bits per heavy atom. The van der Waals surface area contributed by atoms with Crippen molar-refractivity contribution in [1.29, 1.82) is 0 Å². The topological polar surface area (TPSA) is 37.9 Å². The quantitative estimate of drug-likeness (QED) is 0.584. The highest BCUT2D eigenvalue weighted by Crippen LogP contribution is 2.30. The molecule has 2 aromatic heterocycles. The molecule has 112 valence electrons. The van der Waals surface area contributed by atoms with E-state index in [1.54, 1.807) is 7.11 Å². The summed E-state index contributed by atoms with van der Waals surface area (Å²) >= 11 is 0. The van der Waals surface area contributed by atoms with Crippen LogP contribution >= 0.6 is 0 Å². The van der Waals surface area contributed by atoms with E-state index in [4.69, 9.17) is 4.74 Å². The second-order valence-electron chi connectivity index (χ2n) is 5.40. The van der Waals surface area contributed by atoms with E-state index in [-0.39, 0.29) is 0 Å². The Morgan fingerprint density at radius 2 is 1.83 bits per heavy atom. The van der Waals surface area contributed by atoms with Crippen LogP contribution in [0, 0.1) is 0 Å². The molecule has 0 aliphatic rings. The van der Waals surface area contributed by atoms with Gasteiger partial charge in [-0.2, -0.15) is 0 Å². The number of aromatic nitrogens is 2. The molecule has 0 spiro atoms. The largest absolute Gasteiger partial charge is 0.497 e. The molecule has 1 N–H and O–H groups in total. The number of benzene rings is 2. The van der Waals surface area contributed by atoms with Gasteiger partial charge in [-0.15, -0.1) is 0 Å². The lowest BCUT2D eigenvalue weighted by molar-refractivity contribution is 0.415. The minimum absolute atomic E-state index is 0.858. The van der Waals surface area contributed by atoms with Gasteiger partial charge in [0.05, 0.1) is 18.3 Å². The molecule has 0 saturated carbocycles. The highest BCUT2D eigenvalue weighted by Gasteiger charge is 2.08. The molecule has 0 amide bonds. The summed E-state index contributed by atoms with van der Waals surface area (Å²) in [5.41, 5.74) is 4.22. The van der Waals surface area contributed by atoms with E-state index in [1.165, 1.54) is 0 Å². The number of pyridine rings is 1. The van der Waals surface area contributed by atoms with Crippen molar-refractivity contribution in [2.45, 2.75) is 0 Å².